The normalized spacial score (nSPS) is 24.3. The lowest BCUT2D eigenvalue weighted by Gasteiger charge is -2.30. The van der Waals surface area contributed by atoms with Crippen molar-refractivity contribution in [1.82, 2.24) is 20.2 Å². The van der Waals surface area contributed by atoms with E-state index >= 15 is 0 Å². The summed E-state index contributed by atoms with van der Waals surface area (Å²) in [5, 5.41) is 14.5. The van der Waals surface area contributed by atoms with Crippen LogP contribution in [0.2, 0.25) is 0 Å². The summed E-state index contributed by atoms with van der Waals surface area (Å²) < 4.78 is 0. The van der Waals surface area contributed by atoms with Gasteiger partial charge in [0.2, 0.25) is 0 Å². The van der Waals surface area contributed by atoms with Crippen LogP contribution in [-0.4, -0.2) is 52.3 Å². The van der Waals surface area contributed by atoms with Gasteiger partial charge in [0.05, 0.1) is 6.10 Å². The van der Waals surface area contributed by atoms with Crippen LogP contribution in [0.1, 0.15) is 42.9 Å². The first-order chi connectivity index (χ1) is 11.3. The van der Waals surface area contributed by atoms with Crippen molar-refractivity contribution < 1.29 is 5.11 Å². The van der Waals surface area contributed by atoms with E-state index in [4.69, 9.17) is 0 Å². The van der Waals surface area contributed by atoms with Crippen molar-refractivity contribution in [2.45, 2.75) is 44.2 Å². The number of H-pyrrole nitrogens is 1. The molecule has 0 bridgehead atoms. The second kappa shape index (κ2) is 6.59. The van der Waals surface area contributed by atoms with Crippen molar-refractivity contribution in [1.29, 1.82) is 0 Å². The number of nitrogens with one attached hydrogen (secondary N) is 2. The van der Waals surface area contributed by atoms with Crippen LogP contribution >= 0.6 is 0 Å². The first-order valence-electron chi connectivity index (χ1n) is 8.88. The van der Waals surface area contributed by atoms with E-state index in [-0.39, 0.29) is 6.10 Å². The molecule has 23 heavy (non-hydrogen) atoms. The molecule has 2 aromatic heterocycles. The molecule has 0 aromatic carbocycles. The highest BCUT2D eigenvalue weighted by molar-refractivity contribution is 5.81. The number of nitrogens with zero attached hydrogens (tertiary/aromatic N) is 2. The maximum absolute atomic E-state index is 9.73. The molecule has 0 spiro atoms. The van der Waals surface area contributed by atoms with E-state index in [1.54, 1.807) is 0 Å². The van der Waals surface area contributed by atoms with E-state index in [2.05, 4.69) is 26.3 Å². The van der Waals surface area contributed by atoms with Crippen LogP contribution in [-0.2, 0) is 6.54 Å². The third-order valence-electron chi connectivity index (χ3n) is 5.35. The van der Waals surface area contributed by atoms with Crippen molar-refractivity contribution in [2.24, 2.45) is 0 Å². The molecule has 2 aromatic rings. The van der Waals surface area contributed by atoms with Crippen LogP contribution in [0.3, 0.4) is 0 Å². The van der Waals surface area contributed by atoms with Gasteiger partial charge in [0.1, 0.15) is 5.65 Å². The van der Waals surface area contributed by atoms with Crippen LogP contribution in [0, 0.1) is 0 Å². The Bertz CT molecular complexity index is 654. The fourth-order valence-corrected chi connectivity index (χ4v) is 4.01. The molecule has 0 saturated carbocycles. The van der Waals surface area contributed by atoms with Crippen LogP contribution in [0.4, 0.5) is 0 Å². The standard InChI is InChI=1S/C18H26N4O/c23-14-5-9-22(10-6-14)12-16-15-4-2-8-20-18(15)21-17(16)13-3-1-7-19-11-13/h2,4,8,13-14,19,23H,1,3,5-7,9-12H2,(H,20,21). The largest absolute Gasteiger partial charge is 0.393 e. The Morgan fingerprint density at radius 3 is 2.91 bits per heavy atom. The Kier molecular flexibility index (Phi) is 4.33. The highest BCUT2D eigenvalue weighted by Gasteiger charge is 2.25. The summed E-state index contributed by atoms with van der Waals surface area (Å²) in [5.41, 5.74) is 3.80. The van der Waals surface area contributed by atoms with Gasteiger partial charge >= 0.3 is 0 Å². The van der Waals surface area contributed by atoms with Gasteiger partial charge in [-0.1, -0.05) is 0 Å². The number of hydrogen-bond donors (Lipinski definition) is 3. The average molecular weight is 314 g/mol. The van der Waals surface area contributed by atoms with Gasteiger partial charge in [-0.2, -0.15) is 0 Å². The number of piperidine rings is 2. The fourth-order valence-electron chi connectivity index (χ4n) is 4.01. The second-order valence-electron chi connectivity index (χ2n) is 6.97. The summed E-state index contributed by atoms with van der Waals surface area (Å²) in [6, 6.07) is 4.22. The molecule has 0 amide bonds. The quantitative estimate of drug-likeness (QED) is 0.811. The van der Waals surface area contributed by atoms with Gasteiger partial charge in [0.25, 0.3) is 0 Å². The third-order valence-corrected chi connectivity index (χ3v) is 5.35. The van der Waals surface area contributed by atoms with Gasteiger partial charge in [-0.3, -0.25) is 4.90 Å². The number of aliphatic hydroxyl groups is 1. The second-order valence-corrected chi connectivity index (χ2v) is 6.97. The predicted octanol–water partition coefficient (Wildman–Crippen LogP) is 1.99. The minimum absolute atomic E-state index is 0.113. The highest BCUT2D eigenvalue weighted by atomic mass is 16.3. The predicted molar refractivity (Wildman–Crippen MR) is 91.5 cm³/mol. The highest BCUT2D eigenvalue weighted by Crippen LogP contribution is 2.32. The summed E-state index contributed by atoms with van der Waals surface area (Å²) >= 11 is 0. The van der Waals surface area contributed by atoms with Crippen LogP contribution in [0.5, 0.6) is 0 Å². The molecule has 5 nitrogen and oxygen atoms in total. The van der Waals surface area contributed by atoms with Crippen molar-refractivity contribution in [2.75, 3.05) is 26.2 Å². The van der Waals surface area contributed by atoms with Crippen molar-refractivity contribution >= 4 is 11.0 Å². The maximum Gasteiger partial charge on any atom is 0.137 e. The van der Waals surface area contributed by atoms with Crippen LogP contribution < -0.4 is 5.32 Å². The van der Waals surface area contributed by atoms with E-state index in [0.717, 1.165) is 51.2 Å². The minimum atomic E-state index is -0.113. The third kappa shape index (κ3) is 3.13. The fraction of sp³-hybridized carbons (Fsp3) is 0.611. The van der Waals surface area contributed by atoms with Gasteiger partial charge in [0, 0.05) is 49.4 Å². The summed E-state index contributed by atoms with van der Waals surface area (Å²) in [6.45, 7) is 5.12. The van der Waals surface area contributed by atoms with Crippen molar-refractivity contribution in [3.05, 3.63) is 29.6 Å². The van der Waals surface area contributed by atoms with Crippen LogP contribution in [0.15, 0.2) is 18.3 Å². The summed E-state index contributed by atoms with van der Waals surface area (Å²) in [7, 11) is 0. The molecular weight excluding hydrogens is 288 g/mol. The first kappa shape index (κ1) is 15.1. The minimum Gasteiger partial charge on any atom is -0.393 e. The lowest BCUT2D eigenvalue weighted by atomic mass is 9.92. The Balaban J connectivity index is 1.65. The molecule has 0 aliphatic carbocycles. The van der Waals surface area contributed by atoms with E-state index in [0.29, 0.717) is 5.92 Å². The first-order valence-corrected chi connectivity index (χ1v) is 8.88. The Morgan fingerprint density at radius 2 is 2.13 bits per heavy atom. The molecule has 4 rings (SSSR count). The number of fused-ring (bicyclic) bond motifs is 1. The van der Waals surface area contributed by atoms with E-state index in [9.17, 15) is 5.11 Å². The Morgan fingerprint density at radius 1 is 1.26 bits per heavy atom. The molecular formula is C18H26N4O. The molecule has 0 radical (unpaired) electrons. The van der Waals surface area contributed by atoms with Gasteiger partial charge < -0.3 is 15.4 Å². The lowest BCUT2D eigenvalue weighted by molar-refractivity contribution is 0.0792. The average Bonchev–Trinajstić information content (AvgIpc) is 2.96. The zero-order valence-corrected chi connectivity index (χ0v) is 13.6. The Hall–Kier alpha value is -1.43. The molecule has 2 aliphatic heterocycles. The molecule has 2 aliphatic rings. The zero-order valence-electron chi connectivity index (χ0n) is 13.6. The molecule has 1 atom stereocenters. The van der Waals surface area contributed by atoms with E-state index in [1.165, 1.54) is 29.5 Å². The molecule has 2 saturated heterocycles. The molecule has 124 valence electrons. The SMILES string of the molecule is OC1CCN(Cc2c(C3CCCNC3)[nH]c3ncccc23)CC1. The van der Waals surface area contributed by atoms with E-state index < -0.39 is 0 Å². The number of aliphatic hydroxyl groups excluding tert-OH is 1. The van der Waals surface area contributed by atoms with Crippen molar-refractivity contribution in [3.63, 3.8) is 0 Å². The number of hydrogen-bond acceptors (Lipinski definition) is 4. The Labute approximate surface area is 137 Å². The number of aromatic amines is 1. The molecule has 1 unspecified atom stereocenters. The van der Waals surface area contributed by atoms with Crippen LogP contribution in [0.25, 0.3) is 11.0 Å². The summed E-state index contributed by atoms with van der Waals surface area (Å²) in [6.07, 6.45) is 6.01. The number of aromatic nitrogens is 2. The monoisotopic (exact) mass is 314 g/mol. The van der Waals surface area contributed by atoms with Gasteiger partial charge in [-0.05, 0) is 49.9 Å². The number of rotatable bonds is 3. The summed E-state index contributed by atoms with van der Waals surface area (Å²) in [5.74, 6) is 0.559. The zero-order chi connectivity index (χ0) is 15.6. The van der Waals surface area contributed by atoms with E-state index in [1.807, 2.05) is 12.3 Å². The molecule has 3 N–H and O–H groups in total. The molecule has 4 heterocycles. The van der Waals surface area contributed by atoms with Gasteiger partial charge in [-0.15, -0.1) is 0 Å². The lowest BCUT2D eigenvalue weighted by Crippen LogP contribution is -2.36. The van der Waals surface area contributed by atoms with Gasteiger partial charge in [0.15, 0.2) is 0 Å². The summed E-state index contributed by atoms with van der Waals surface area (Å²) in [4.78, 5) is 10.6. The van der Waals surface area contributed by atoms with Gasteiger partial charge in [-0.25, -0.2) is 4.98 Å². The topological polar surface area (TPSA) is 64.2 Å². The maximum atomic E-state index is 9.73. The number of likely N-dealkylation sites (tertiary alicyclic amines) is 1. The number of pyridine rings is 1. The van der Waals surface area contributed by atoms with Crippen molar-refractivity contribution in [3.8, 4) is 0 Å². The smallest absolute Gasteiger partial charge is 0.137 e. The molecule has 5 heteroatoms. The molecule has 2 fully saturated rings.